The first kappa shape index (κ1) is 43.8. The van der Waals surface area contributed by atoms with Crippen molar-refractivity contribution in [2.24, 2.45) is 22.2 Å². The highest BCUT2D eigenvalue weighted by Crippen LogP contribution is 2.72. The number of hydrogen-bond donors (Lipinski definition) is 2. The fourth-order valence-corrected chi connectivity index (χ4v) is 15.4. The van der Waals surface area contributed by atoms with Crippen molar-refractivity contribution in [2.45, 2.75) is 143 Å². The van der Waals surface area contributed by atoms with Crippen molar-refractivity contribution in [3.63, 3.8) is 0 Å². The second kappa shape index (κ2) is 16.8. The Morgan fingerprint density at radius 2 is 1.64 bits per heavy atom. The summed E-state index contributed by atoms with van der Waals surface area (Å²) in [6.07, 6.45) is 16.5. The van der Waals surface area contributed by atoms with E-state index in [0.717, 1.165) is 127 Å². The average Bonchev–Trinajstić information content (AvgIpc) is 4.03. The molecule has 348 valence electrons. The molecule has 4 bridgehead atoms. The quantitative estimate of drug-likeness (QED) is 0.117. The molecule has 5 aliphatic carbocycles. The number of Topliss-reactive ketones (excluding diaryl/α,β-unsaturated/α-hetero) is 1. The molecule has 14 heteroatoms. The third kappa shape index (κ3) is 8.22. The number of ether oxygens (including phenoxy) is 1. The number of nitrogens with one attached hydrogen (secondary N) is 2. The van der Waals surface area contributed by atoms with Crippen molar-refractivity contribution in [3.05, 3.63) is 65.1 Å². The molecule has 5 aromatic rings. The Labute approximate surface area is 392 Å². The monoisotopic (exact) mass is 911 g/mol. The van der Waals surface area contributed by atoms with Gasteiger partial charge in [-0.25, -0.2) is 9.97 Å². The van der Waals surface area contributed by atoms with Crippen LogP contribution in [-0.4, -0.2) is 91.0 Å². The Bertz CT molecular complexity index is 2630. The van der Waals surface area contributed by atoms with E-state index in [1.54, 1.807) is 18.3 Å². The van der Waals surface area contributed by atoms with E-state index < -0.39 is 0 Å². The summed E-state index contributed by atoms with van der Waals surface area (Å²) < 4.78 is 10.4. The number of nitrogens with zero attached hydrogens (tertiary/aromatic N) is 8. The number of para-hydroxylation sites is 1. The van der Waals surface area contributed by atoms with E-state index in [9.17, 15) is 9.59 Å². The van der Waals surface area contributed by atoms with E-state index in [2.05, 4.69) is 64.9 Å². The van der Waals surface area contributed by atoms with Gasteiger partial charge >= 0.3 is 0 Å². The van der Waals surface area contributed by atoms with E-state index in [4.69, 9.17) is 30.0 Å². The molecule has 13 nitrogen and oxygen atoms in total. The van der Waals surface area contributed by atoms with Crippen molar-refractivity contribution in [2.75, 3.05) is 43.0 Å². The lowest BCUT2D eigenvalue weighted by Gasteiger charge is -2.69. The number of aromatic nitrogens is 6. The van der Waals surface area contributed by atoms with Crippen molar-refractivity contribution >= 4 is 55.8 Å². The number of likely N-dealkylation sites (tertiary alicyclic amines) is 1. The van der Waals surface area contributed by atoms with E-state index in [0.29, 0.717) is 23.9 Å². The number of thiazole rings is 1. The summed E-state index contributed by atoms with van der Waals surface area (Å²) in [5, 5.41) is 22.2. The fourth-order valence-electron chi connectivity index (χ4n) is 14.6. The van der Waals surface area contributed by atoms with Gasteiger partial charge in [0.15, 0.2) is 16.8 Å². The number of pyridine rings is 1. The standard InChI is InChI=1S/C52H66N10O3S/c1-33-38-11-10-22-61(46(38)59-58-45(33)57-48-55-41-12-6-7-13-42(41)66-48)43-19-18-39(44(56-43)47(64)54-37-16-14-36(15-17-37)35(3)63)40-25-53-62(34(40)2)32-51-27-49(4)26-50(5,28-51)30-52(29-49,31-51)65-24-23-60-20-8-9-21-60/h6-7,12-13,18-19,25,36-37H,8-11,14-17,20-24,26-32H2,1-5H3,(H,54,64)(H,55,57,58). The summed E-state index contributed by atoms with van der Waals surface area (Å²) in [4.78, 5) is 41.6. The predicted octanol–water partition coefficient (Wildman–Crippen LogP) is 9.90. The molecule has 2 unspecified atom stereocenters. The zero-order chi connectivity index (χ0) is 45.4. The Kier molecular flexibility index (Phi) is 11.1. The molecule has 0 radical (unpaired) electrons. The molecular weight excluding hydrogens is 845 g/mol. The van der Waals surface area contributed by atoms with Gasteiger partial charge < -0.3 is 25.2 Å². The number of ketones is 1. The molecule has 66 heavy (non-hydrogen) atoms. The number of amides is 1. The Hall–Kier alpha value is -4.79. The van der Waals surface area contributed by atoms with E-state index in [-0.39, 0.29) is 45.5 Å². The highest BCUT2D eigenvalue weighted by molar-refractivity contribution is 7.22. The minimum atomic E-state index is -0.199. The Morgan fingerprint density at radius 1 is 0.864 bits per heavy atom. The van der Waals surface area contributed by atoms with Gasteiger partial charge in [0.05, 0.1) is 28.6 Å². The second-order valence-corrected chi connectivity index (χ2v) is 23.1. The maximum absolute atomic E-state index is 14.7. The van der Waals surface area contributed by atoms with Crippen LogP contribution in [0.5, 0.6) is 0 Å². The number of fused-ring (bicyclic) bond motifs is 2. The van der Waals surface area contributed by atoms with Crippen LogP contribution in [0.15, 0.2) is 42.6 Å². The topological polar surface area (TPSA) is 143 Å². The molecule has 7 aliphatic rings. The van der Waals surface area contributed by atoms with Gasteiger partial charge in [0.25, 0.3) is 5.91 Å². The lowest BCUT2D eigenvalue weighted by molar-refractivity contribution is -0.248. The van der Waals surface area contributed by atoms with Crippen LogP contribution < -0.4 is 15.5 Å². The number of benzene rings is 1. The molecule has 2 aliphatic heterocycles. The lowest BCUT2D eigenvalue weighted by Crippen LogP contribution is -2.64. The third-order valence-electron chi connectivity index (χ3n) is 16.5. The highest BCUT2D eigenvalue weighted by atomic mass is 32.1. The Morgan fingerprint density at radius 3 is 2.39 bits per heavy atom. The average molecular weight is 911 g/mol. The lowest BCUT2D eigenvalue weighted by atomic mass is 9.39. The zero-order valence-electron chi connectivity index (χ0n) is 39.5. The molecular formula is C52H66N10O3S. The predicted molar refractivity (Wildman–Crippen MR) is 260 cm³/mol. The van der Waals surface area contributed by atoms with Crippen molar-refractivity contribution in [1.82, 2.24) is 40.2 Å². The van der Waals surface area contributed by atoms with Crippen molar-refractivity contribution < 1.29 is 14.3 Å². The summed E-state index contributed by atoms with van der Waals surface area (Å²) in [5.41, 5.74) is 6.74. The molecule has 5 saturated carbocycles. The van der Waals surface area contributed by atoms with Crippen LogP contribution >= 0.6 is 11.3 Å². The van der Waals surface area contributed by atoms with E-state index >= 15 is 0 Å². The van der Waals surface area contributed by atoms with Gasteiger partial charge in [-0.15, -0.1) is 10.2 Å². The zero-order valence-corrected chi connectivity index (χ0v) is 40.4. The van der Waals surface area contributed by atoms with Crippen LogP contribution in [0.2, 0.25) is 0 Å². The summed E-state index contributed by atoms with van der Waals surface area (Å²) >= 11 is 1.60. The number of carbonyl (C=O) groups excluding carboxylic acids is 2. The van der Waals surface area contributed by atoms with Gasteiger partial charge in [-0.2, -0.15) is 5.10 Å². The van der Waals surface area contributed by atoms with Crippen molar-refractivity contribution in [1.29, 1.82) is 0 Å². The molecule has 12 rings (SSSR count). The molecule has 2 N–H and O–H groups in total. The van der Waals surface area contributed by atoms with E-state index in [1.807, 2.05) is 30.5 Å². The van der Waals surface area contributed by atoms with E-state index in [1.165, 1.54) is 45.2 Å². The number of hydrogen-bond acceptors (Lipinski definition) is 12. The van der Waals surface area contributed by atoms with Crippen LogP contribution in [0.3, 0.4) is 0 Å². The molecule has 6 fully saturated rings. The second-order valence-electron chi connectivity index (χ2n) is 22.1. The minimum absolute atomic E-state index is 0.0236. The number of carbonyl (C=O) groups is 2. The van der Waals surface area contributed by atoms with Crippen LogP contribution in [0.25, 0.3) is 21.3 Å². The van der Waals surface area contributed by atoms with Gasteiger partial charge in [-0.1, -0.05) is 37.3 Å². The maximum atomic E-state index is 14.7. The highest BCUT2D eigenvalue weighted by Gasteiger charge is 2.66. The van der Waals surface area contributed by atoms with Crippen LogP contribution in [-0.2, 0) is 22.5 Å². The first-order valence-electron chi connectivity index (χ1n) is 24.7. The molecule has 4 aromatic heterocycles. The molecule has 1 saturated heterocycles. The maximum Gasteiger partial charge on any atom is 0.270 e. The van der Waals surface area contributed by atoms with Gasteiger partial charge in [0.1, 0.15) is 17.3 Å². The summed E-state index contributed by atoms with van der Waals surface area (Å²) in [6, 6.07) is 12.2. The van der Waals surface area contributed by atoms with Gasteiger partial charge in [0, 0.05) is 59.5 Å². The normalized spacial score (nSPS) is 29.4. The SMILES string of the molecule is CC(=O)C1CCC(NC(=O)c2nc(N3CCCc4c3nnc(Nc3nc5ccccc5s3)c4C)ccc2-c2cnn(CC34CC5(C)CC(C)(C3)CC(OCCN3CCCC3)(C5)C4)c2C)CC1. The van der Waals surface area contributed by atoms with Crippen LogP contribution in [0, 0.1) is 36.0 Å². The first-order valence-corrected chi connectivity index (χ1v) is 25.6. The third-order valence-corrected chi connectivity index (χ3v) is 17.4. The van der Waals surface area contributed by atoms with Crippen LogP contribution in [0.1, 0.15) is 132 Å². The Balaban J connectivity index is 0.891. The number of anilines is 4. The van der Waals surface area contributed by atoms with Gasteiger partial charge in [0.2, 0.25) is 0 Å². The van der Waals surface area contributed by atoms with Gasteiger partial charge in [-0.3, -0.25) is 14.3 Å². The smallest absolute Gasteiger partial charge is 0.270 e. The fraction of sp³-hybridized carbons (Fsp3) is 0.596. The molecule has 6 heterocycles. The molecule has 0 spiro atoms. The molecule has 1 amide bonds. The summed E-state index contributed by atoms with van der Waals surface area (Å²) in [5.74, 6) is 2.24. The minimum Gasteiger partial charge on any atom is -0.374 e. The summed E-state index contributed by atoms with van der Waals surface area (Å²) in [6.45, 7) is 16.8. The molecule has 2 atom stereocenters. The van der Waals surface area contributed by atoms with Gasteiger partial charge in [-0.05, 0) is 164 Å². The first-order chi connectivity index (χ1) is 31.8. The summed E-state index contributed by atoms with van der Waals surface area (Å²) in [7, 11) is 0. The van der Waals surface area contributed by atoms with Crippen LogP contribution in [0.4, 0.5) is 22.6 Å². The van der Waals surface area contributed by atoms with Crippen molar-refractivity contribution in [3.8, 4) is 11.1 Å². The largest absolute Gasteiger partial charge is 0.374 e. The number of rotatable bonds is 13. The molecule has 1 aromatic carbocycles.